The van der Waals surface area contributed by atoms with Gasteiger partial charge in [0.05, 0.1) is 29.3 Å². The van der Waals surface area contributed by atoms with Gasteiger partial charge in [-0.15, -0.1) is 11.8 Å². The van der Waals surface area contributed by atoms with E-state index in [1.165, 1.54) is 0 Å². The van der Waals surface area contributed by atoms with Crippen LogP contribution in [0.2, 0.25) is 5.02 Å². The van der Waals surface area contributed by atoms with Gasteiger partial charge in [0.15, 0.2) is 0 Å². The Balaban J connectivity index is 1.33. The van der Waals surface area contributed by atoms with Gasteiger partial charge in [-0.05, 0) is 54.8 Å². The zero-order valence-electron chi connectivity index (χ0n) is 19.7. The van der Waals surface area contributed by atoms with Gasteiger partial charge < -0.3 is 9.84 Å². The van der Waals surface area contributed by atoms with E-state index in [1.807, 2.05) is 30.3 Å². The Morgan fingerprint density at radius 1 is 1.11 bits per heavy atom. The minimum Gasteiger partial charge on any atom is -0.493 e. The fourth-order valence-electron chi connectivity index (χ4n) is 4.09. The summed E-state index contributed by atoms with van der Waals surface area (Å²) in [6.45, 7) is 2.81. The van der Waals surface area contributed by atoms with Crippen molar-refractivity contribution in [3.8, 4) is 17.0 Å². The molecular formula is C28H29ClN2O3S. The highest BCUT2D eigenvalue weighted by molar-refractivity contribution is 7.99. The summed E-state index contributed by atoms with van der Waals surface area (Å²) in [6.07, 6.45) is 3.84. The van der Waals surface area contributed by atoms with Crippen LogP contribution in [0.3, 0.4) is 0 Å². The number of carbonyl (C=O) groups is 1. The lowest BCUT2D eigenvalue weighted by atomic mass is 10.0. The van der Waals surface area contributed by atoms with E-state index in [0.29, 0.717) is 17.2 Å². The molecule has 0 spiro atoms. The van der Waals surface area contributed by atoms with E-state index < -0.39 is 5.97 Å². The predicted molar refractivity (Wildman–Crippen MR) is 144 cm³/mol. The summed E-state index contributed by atoms with van der Waals surface area (Å²) >= 11 is 8.01. The summed E-state index contributed by atoms with van der Waals surface area (Å²) in [7, 11) is 0. The molecule has 0 aliphatic carbocycles. The third-order valence-electron chi connectivity index (χ3n) is 5.76. The smallest absolute Gasteiger partial charge is 0.307 e. The van der Waals surface area contributed by atoms with Gasteiger partial charge in [0.1, 0.15) is 5.75 Å². The molecule has 0 radical (unpaired) electrons. The number of halogens is 1. The molecule has 0 bridgehead atoms. The number of aryl methyl sites for hydroxylation is 1. The van der Waals surface area contributed by atoms with Gasteiger partial charge in [0.25, 0.3) is 0 Å². The SMILES string of the molecule is CCCc1c(OCCCCSc2ccc(CC(=O)O)cc2Cl)ccc2c(-c3ccccc3)[nH]nc12. The Hall–Kier alpha value is -2.96. The van der Waals surface area contributed by atoms with Crippen LogP contribution in [0.4, 0.5) is 0 Å². The van der Waals surface area contributed by atoms with Crippen LogP contribution < -0.4 is 4.74 Å². The van der Waals surface area contributed by atoms with Crippen molar-refractivity contribution in [2.75, 3.05) is 12.4 Å². The molecule has 0 aliphatic heterocycles. The highest BCUT2D eigenvalue weighted by Gasteiger charge is 2.15. The van der Waals surface area contributed by atoms with Crippen molar-refractivity contribution < 1.29 is 14.6 Å². The minimum atomic E-state index is -0.855. The first-order valence-corrected chi connectivity index (χ1v) is 13.2. The highest BCUT2D eigenvalue weighted by Crippen LogP contribution is 2.34. The number of fused-ring (bicyclic) bond motifs is 1. The third-order valence-corrected chi connectivity index (χ3v) is 7.34. The largest absolute Gasteiger partial charge is 0.493 e. The van der Waals surface area contributed by atoms with Crippen LogP contribution in [-0.4, -0.2) is 33.6 Å². The van der Waals surface area contributed by atoms with Crippen LogP contribution >= 0.6 is 23.4 Å². The zero-order valence-corrected chi connectivity index (χ0v) is 21.3. The lowest BCUT2D eigenvalue weighted by Crippen LogP contribution is -2.02. The predicted octanol–water partition coefficient (Wildman–Crippen LogP) is 7.41. The van der Waals surface area contributed by atoms with E-state index in [-0.39, 0.29) is 6.42 Å². The molecule has 0 amide bonds. The van der Waals surface area contributed by atoms with Crippen molar-refractivity contribution in [1.82, 2.24) is 10.2 Å². The number of hydrogen-bond donors (Lipinski definition) is 2. The Bertz CT molecular complexity index is 1290. The van der Waals surface area contributed by atoms with Crippen LogP contribution in [0.1, 0.15) is 37.3 Å². The molecule has 7 heteroatoms. The van der Waals surface area contributed by atoms with Gasteiger partial charge >= 0.3 is 5.97 Å². The molecule has 4 aromatic rings. The lowest BCUT2D eigenvalue weighted by molar-refractivity contribution is -0.136. The molecule has 3 aromatic carbocycles. The average Bonchev–Trinajstić information content (AvgIpc) is 3.28. The fourth-order valence-corrected chi connectivity index (χ4v) is 5.38. The number of nitrogens with zero attached hydrogens (tertiary/aromatic N) is 1. The van der Waals surface area contributed by atoms with Crippen LogP contribution in [0.25, 0.3) is 22.2 Å². The van der Waals surface area contributed by atoms with E-state index in [1.54, 1.807) is 17.8 Å². The minimum absolute atomic E-state index is 0.0142. The molecule has 0 saturated heterocycles. The highest BCUT2D eigenvalue weighted by atomic mass is 35.5. The maximum Gasteiger partial charge on any atom is 0.307 e. The van der Waals surface area contributed by atoms with Crippen molar-refractivity contribution >= 4 is 40.2 Å². The van der Waals surface area contributed by atoms with Crippen LogP contribution in [0.15, 0.2) is 65.6 Å². The molecule has 4 rings (SSSR count). The average molecular weight is 509 g/mol. The topological polar surface area (TPSA) is 75.2 Å². The van der Waals surface area contributed by atoms with E-state index in [4.69, 9.17) is 21.4 Å². The number of hydrogen-bond acceptors (Lipinski definition) is 4. The van der Waals surface area contributed by atoms with Crippen molar-refractivity contribution in [2.24, 2.45) is 0 Å². The molecular weight excluding hydrogens is 480 g/mol. The normalized spacial score (nSPS) is 11.1. The Kier molecular flexibility index (Phi) is 8.72. The van der Waals surface area contributed by atoms with Crippen LogP contribution in [0, 0.1) is 0 Å². The Morgan fingerprint density at radius 3 is 2.69 bits per heavy atom. The summed E-state index contributed by atoms with van der Waals surface area (Å²) in [4.78, 5) is 11.8. The maximum absolute atomic E-state index is 10.9. The zero-order chi connectivity index (χ0) is 24.6. The van der Waals surface area contributed by atoms with Crippen molar-refractivity contribution in [2.45, 2.75) is 43.9 Å². The molecule has 0 aliphatic rings. The van der Waals surface area contributed by atoms with Gasteiger partial charge in [0, 0.05) is 21.4 Å². The number of thioether (sulfide) groups is 1. The second kappa shape index (κ2) is 12.1. The molecule has 182 valence electrons. The van der Waals surface area contributed by atoms with Gasteiger partial charge in [-0.25, -0.2) is 0 Å². The van der Waals surface area contributed by atoms with E-state index in [2.05, 4.69) is 41.4 Å². The first-order valence-electron chi connectivity index (χ1n) is 11.9. The fraction of sp³-hybridized carbons (Fsp3) is 0.286. The molecule has 0 saturated carbocycles. The number of ether oxygens (including phenoxy) is 1. The maximum atomic E-state index is 10.9. The van der Waals surface area contributed by atoms with Gasteiger partial charge in [-0.1, -0.05) is 61.3 Å². The number of aliphatic carboxylic acids is 1. The standard InChI is InChI=1S/C28H29ClN2O3S/c1-2-8-21-24(13-12-22-27(30-31-28(21)22)20-9-4-3-5-10-20)34-15-6-7-16-35-25-14-11-19(17-23(25)29)18-26(32)33/h3-5,9-14,17H,2,6-8,15-16,18H2,1H3,(H,30,31)(H,32,33). The first-order chi connectivity index (χ1) is 17.1. The monoisotopic (exact) mass is 508 g/mol. The molecule has 2 N–H and O–H groups in total. The number of aromatic nitrogens is 2. The first kappa shape index (κ1) is 25.1. The number of benzene rings is 3. The summed E-state index contributed by atoms with van der Waals surface area (Å²) in [6, 6.07) is 19.9. The number of H-pyrrole nitrogens is 1. The van der Waals surface area contributed by atoms with Gasteiger partial charge in [-0.3, -0.25) is 9.89 Å². The van der Waals surface area contributed by atoms with E-state index in [0.717, 1.165) is 69.8 Å². The molecule has 0 atom stereocenters. The molecule has 1 aromatic heterocycles. The number of rotatable bonds is 12. The second-order valence-electron chi connectivity index (χ2n) is 8.39. The molecule has 5 nitrogen and oxygen atoms in total. The molecule has 35 heavy (non-hydrogen) atoms. The van der Waals surface area contributed by atoms with Crippen molar-refractivity contribution in [3.05, 3.63) is 76.8 Å². The van der Waals surface area contributed by atoms with Gasteiger partial charge in [-0.2, -0.15) is 5.10 Å². The third kappa shape index (κ3) is 6.38. The quantitative estimate of drug-likeness (QED) is 0.154. The number of nitrogens with one attached hydrogen (secondary N) is 1. The van der Waals surface area contributed by atoms with Crippen LogP contribution in [0.5, 0.6) is 5.75 Å². The Labute approximate surface area is 214 Å². The summed E-state index contributed by atoms with van der Waals surface area (Å²) in [5, 5.41) is 18.5. The molecule has 1 heterocycles. The summed E-state index contributed by atoms with van der Waals surface area (Å²) < 4.78 is 6.20. The van der Waals surface area contributed by atoms with E-state index >= 15 is 0 Å². The number of carboxylic acid groups (broad SMARTS) is 1. The molecule has 0 fully saturated rings. The van der Waals surface area contributed by atoms with Crippen molar-refractivity contribution in [1.29, 1.82) is 0 Å². The van der Waals surface area contributed by atoms with Crippen molar-refractivity contribution in [3.63, 3.8) is 0 Å². The number of unbranched alkanes of at least 4 members (excludes halogenated alkanes) is 1. The number of carboxylic acids is 1. The summed E-state index contributed by atoms with van der Waals surface area (Å²) in [5.41, 5.74) is 5.02. The van der Waals surface area contributed by atoms with E-state index in [9.17, 15) is 4.79 Å². The van der Waals surface area contributed by atoms with Gasteiger partial charge in [0.2, 0.25) is 0 Å². The Morgan fingerprint density at radius 2 is 1.94 bits per heavy atom. The molecule has 0 unspecified atom stereocenters. The summed E-state index contributed by atoms with van der Waals surface area (Å²) in [5.74, 6) is 0.976. The van der Waals surface area contributed by atoms with Crippen LogP contribution in [-0.2, 0) is 17.6 Å². The number of aromatic amines is 1. The second-order valence-corrected chi connectivity index (χ2v) is 9.94. The lowest BCUT2D eigenvalue weighted by Gasteiger charge is -2.12.